The first-order chi connectivity index (χ1) is 18.0. The molecule has 0 aromatic heterocycles. The molecule has 0 aliphatic carbocycles. The van der Waals surface area contributed by atoms with Crippen LogP contribution in [0.4, 0.5) is 5.69 Å². The second kappa shape index (κ2) is 12.7. The minimum atomic E-state index is -4.07. The van der Waals surface area contributed by atoms with E-state index in [9.17, 15) is 18.0 Å². The number of carbonyl (C=O) groups is 2. The number of benzene rings is 3. The molecule has 0 aliphatic rings. The van der Waals surface area contributed by atoms with Crippen LogP contribution in [0.2, 0.25) is 0 Å². The molecular formula is C30H37N3O4S. The second-order valence-electron chi connectivity index (χ2n) is 9.59. The quantitative estimate of drug-likeness (QED) is 0.384. The lowest BCUT2D eigenvalue weighted by molar-refractivity contribution is -0.139. The number of nitrogens with zero attached hydrogens (tertiary/aromatic N) is 2. The van der Waals surface area contributed by atoms with E-state index in [4.69, 9.17) is 0 Å². The molecule has 0 aliphatic heterocycles. The van der Waals surface area contributed by atoms with Crippen molar-refractivity contribution in [2.75, 3.05) is 17.4 Å². The molecule has 3 aromatic carbocycles. The molecule has 0 saturated carbocycles. The molecule has 0 heterocycles. The first kappa shape index (κ1) is 28.9. The van der Waals surface area contributed by atoms with Crippen LogP contribution in [-0.2, 0) is 26.2 Å². The molecule has 1 N–H and O–H groups in total. The maximum absolute atomic E-state index is 13.9. The molecule has 0 bridgehead atoms. The zero-order valence-corrected chi connectivity index (χ0v) is 23.6. The molecule has 3 rings (SSSR count). The summed E-state index contributed by atoms with van der Waals surface area (Å²) in [5, 5.41) is 2.86. The van der Waals surface area contributed by atoms with Crippen molar-refractivity contribution in [1.82, 2.24) is 10.2 Å². The smallest absolute Gasteiger partial charge is 0.264 e. The number of carbonyl (C=O) groups excluding carboxylic acids is 2. The normalized spacial score (nSPS) is 12.0. The molecule has 0 saturated heterocycles. The standard InChI is InChI=1S/C30H37N3O4S/c1-6-17-31-30(35)25(5)32(20-26-12-10-11-22(2)19-26)29(34)21-33(28-16-15-23(3)18-24(28)4)38(36,37)27-13-8-7-9-14-27/h7-16,18-19,25H,6,17,20-21H2,1-5H3,(H,31,35). The zero-order chi connectivity index (χ0) is 27.9. The predicted octanol–water partition coefficient (Wildman–Crippen LogP) is 4.75. The molecule has 38 heavy (non-hydrogen) atoms. The number of hydrogen-bond acceptors (Lipinski definition) is 4. The monoisotopic (exact) mass is 535 g/mol. The Morgan fingerprint density at radius 3 is 2.21 bits per heavy atom. The third kappa shape index (κ3) is 7.01. The Kier molecular flexibility index (Phi) is 9.69. The molecule has 0 fully saturated rings. The fraction of sp³-hybridized carbons (Fsp3) is 0.333. The van der Waals surface area contributed by atoms with Gasteiger partial charge in [-0.05, 0) is 63.4 Å². The minimum absolute atomic E-state index is 0.0896. The van der Waals surface area contributed by atoms with E-state index < -0.39 is 28.5 Å². The largest absolute Gasteiger partial charge is 0.354 e. The van der Waals surface area contributed by atoms with E-state index in [1.165, 1.54) is 17.0 Å². The van der Waals surface area contributed by atoms with Crippen LogP contribution in [0.1, 0.15) is 42.5 Å². The van der Waals surface area contributed by atoms with Gasteiger partial charge < -0.3 is 10.2 Å². The van der Waals surface area contributed by atoms with Crippen molar-refractivity contribution >= 4 is 27.5 Å². The van der Waals surface area contributed by atoms with Crippen LogP contribution in [0, 0.1) is 20.8 Å². The zero-order valence-electron chi connectivity index (χ0n) is 22.8. The lowest BCUT2D eigenvalue weighted by atomic mass is 10.1. The van der Waals surface area contributed by atoms with Crippen molar-refractivity contribution in [1.29, 1.82) is 0 Å². The Bertz CT molecular complexity index is 1370. The van der Waals surface area contributed by atoms with Gasteiger partial charge in [-0.25, -0.2) is 8.42 Å². The van der Waals surface area contributed by atoms with E-state index >= 15 is 0 Å². The molecule has 202 valence electrons. The van der Waals surface area contributed by atoms with Crippen LogP contribution in [0.5, 0.6) is 0 Å². The van der Waals surface area contributed by atoms with Crippen molar-refractivity contribution < 1.29 is 18.0 Å². The third-order valence-electron chi connectivity index (χ3n) is 6.38. The van der Waals surface area contributed by atoms with E-state index in [0.717, 1.165) is 33.0 Å². The molecule has 7 nitrogen and oxygen atoms in total. The van der Waals surface area contributed by atoms with Crippen LogP contribution >= 0.6 is 0 Å². The van der Waals surface area contributed by atoms with E-state index in [0.29, 0.717) is 12.2 Å². The van der Waals surface area contributed by atoms with Gasteiger partial charge in [-0.2, -0.15) is 0 Å². The Labute approximate surface area is 226 Å². The average molecular weight is 536 g/mol. The van der Waals surface area contributed by atoms with Crippen LogP contribution in [0.25, 0.3) is 0 Å². The lowest BCUT2D eigenvalue weighted by Gasteiger charge is -2.32. The van der Waals surface area contributed by atoms with Crippen molar-refractivity contribution in [3.05, 3.63) is 95.1 Å². The highest BCUT2D eigenvalue weighted by molar-refractivity contribution is 7.92. The molecule has 1 unspecified atom stereocenters. The van der Waals surface area contributed by atoms with Gasteiger partial charge >= 0.3 is 0 Å². The van der Waals surface area contributed by atoms with Gasteiger partial charge in [0.15, 0.2) is 0 Å². The molecule has 0 radical (unpaired) electrons. The summed E-state index contributed by atoms with van der Waals surface area (Å²) in [6, 6.07) is 20.4. The number of amides is 2. The van der Waals surface area contributed by atoms with Crippen molar-refractivity contribution in [3.63, 3.8) is 0 Å². The summed E-state index contributed by atoms with van der Waals surface area (Å²) in [6.07, 6.45) is 0.764. The van der Waals surface area contributed by atoms with Crippen LogP contribution in [0.15, 0.2) is 77.7 Å². The molecule has 0 spiro atoms. The van der Waals surface area contributed by atoms with Crippen molar-refractivity contribution in [3.8, 4) is 0 Å². The summed E-state index contributed by atoms with van der Waals surface area (Å²) < 4.78 is 28.9. The van der Waals surface area contributed by atoms with Gasteiger partial charge in [0.05, 0.1) is 10.6 Å². The Morgan fingerprint density at radius 2 is 1.58 bits per heavy atom. The fourth-order valence-corrected chi connectivity index (χ4v) is 5.80. The number of nitrogens with one attached hydrogen (secondary N) is 1. The highest BCUT2D eigenvalue weighted by atomic mass is 32.2. The number of sulfonamides is 1. The van der Waals surface area contributed by atoms with Crippen LogP contribution in [-0.4, -0.2) is 44.3 Å². The summed E-state index contributed by atoms with van der Waals surface area (Å²) in [5.74, 6) is -0.748. The number of anilines is 1. The molecule has 1 atom stereocenters. The van der Waals surface area contributed by atoms with Gasteiger partial charge in [-0.15, -0.1) is 0 Å². The SMILES string of the molecule is CCCNC(=O)C(C)N(Cc1cccc(C)c1)C(=O)CN(c1ccc(C)cc1C)S(=O)(=O)c1ccccc1. The van der Waals surface area contributed by atoms with Gasteiger partial charge in [0.25, 0.3) is 10.0 Å². The van der Waals surface area contributed by atoms with Gasteiger partial charge in [-0.3, -0.25) is 13.9 Å². The van der Waals surface area contributed by atoms with Crippen molar-refractivity contribution in [2.24, 2.45) is 0 Å². The Balaban J connectivity index is 2.04. The Morgan fingerprint density at radius 1 is 0.895 bits per heavy atom. The van der Waals surface area contributed by atoms with Crippen LogP contribution < -0.4 is 9.62 Å². The second-order valence-corrected chi connectivity index (χ2v) is 11.5. The summed E-state index contributed by atoms with van der Waals surface area (Å²) in [5.41, 5.74) is 4.03. The average Bonchev–Trinajstić information content (AvgIpc) is 2.89. The summed E-state index contributed by atoms with van der Waals surface area (Å²) in [7, 11) is -4.07. The number of aryl methyl sites for hydroxylation is 3. The highest BCUT2D eigenvalue weighted by Crippen LogP contribution is 2.28. The van der Waals surface area contributed by atoms with Gasteiger partial charge in [0.2, 0.25) is 11.8 Å². The Hall–Kier alpha value is -3.65. The molecule has 3 aromatic rings. The molecule has 2 amide bonds. The van der Waals surface area contributed by atoms with E-state index in [2.05, 4.69) is 5.32 Å². The maximum Gasteiger partial charge on any atom is 0.264 e. The van der Waals surface area contributed by atoms with Gasteiger partial charge in [-0.1, -0.05) is 72.6 Å². The predicted molar refractivity (Wildman–Crippen MR) is 151 cm³/mol. The summed E-state index contributed by atoms with van der Waals surface area (Å²) in [4.78, 5) is 28.4. The van der Waals surface area contributed by atoms with Crippen LogP contribution in [0.3, 0.4) is 0 Å². The van der Waals surface area contributed by atoms with E-state index in [-0.39, 0.29) is 17.3 Å². The maximum atomic E-state index is 13.9. The van der Waals surface area contributed by atoms with Gasteiger partial charge in [0, 0.05) is 13.1 Å². The number of rotatable bonds is 11. The molecule has 8 heteroatoms. The first-order valence-electron chi connectivity index (χ1n) is 12.8. The lowest BCUT2D eigenvalue weighted by Crippen LogP contribution is -2.51. The first-order valence-corrected chi connectivity index (χ1v) is 14.3. The third-order valence-corrected chi connectivity index (χ3v) is 8.16. The van der Waals surface area contributed by atoms with E-state index in [1.54, 1.807) is 31.2 Å². The molecular weight excluding hydrogens is 498 g/mol. The summed E-state index contributed by atoms with van der Waals surface area (Å²) >= 11 is 0. The minimum Gasteiger partial charge on any atom is -0.354 e. The summed E-state index contributed by atoms with van der Waals surface area (Å²) in [6.45, 7) is 9.56. The number of hydrogen-bond donors (Lipinski definition) is 1. The van der Waals surface area contributed by atoms with Crippen molar-refractivity contribution in [2.45, 2.75) is 58.5 Å². The van der Waals surface area contributed by atoms with E-state index in [1.807, 2.05) is 64.1 Å². The topological polar surface area (TPSA) is 86.8 Å². The van der Waals surface area contributed by atoms with Gasteiger partial charge in [0.1, 0.15) is 12.6 Å². The highest BCUT2D eigenvalue weighted by Gasteiger charge is 2.33. The fourth-order valence-electron chi connectivity index (χ4n) is 4.30.